The van der Waals surface area contributed by atoms with E-state index in [-0.39, 0.29) is 17.5 Å². The molecule has 6 nitrogen and oxygen atoms in total. The Hall–Kier alpha value is -2.09. The van der Waals surface area contributed by atoms with E-state index in [0.29, 0.717) is 23.1 Å². The summed E-state index contributed by atoms with van der Waals surface area (Å²) in [5.74, 6) is 6.24. The number of nitrogens with one attached hydrogen (secondary N) is 1. The Labute approximate surface area is 145 Å². The molecule has 1 aromatic heterocycles. The Balaban J connectivity index is 1.83. The third-order valence-electron chi connectivity index (χ3n) is 3.45. The summed E-state index contributed by atoms with van der Waals surface area (Å²) >= 11 is 1.22. The van der Waals surface area contributed by atoms with E-state index < -0.39 is 0 Å². The average molecular weight is 351 g/mol. The van der Waals surface area contributed by atoms with Gasteiger partial charge < -0.3 is 11.2 Å². The highest BCUT2D eigenvalue weighted by atomic mass is 32.2. The highest BCUT2D eigenvalue weighted by Gasteiger charge is 2.13. The maximum atomic E-state index is 13.0. The zero-order chi connectivity index (χ0) is 17.4. The minimum Gasteiger partial charge on any atom is -0.355 e. The number of nitrogens with zero attached hydrogens (tertiary/aromatic N) is 3. The smallest absolute Gasteiger partial charge is 0.230 e. The van der Waals surface area contributed by atoms with Crippen molar-refractivity contribution in [2.24, 2.45) is 0 Å². The van der Waals surface area contributed by atoms with Crippen molar-refractivity contribution in [2.45, 2.75) is 37.8 Å². The third-order valence-corrected chi connectivity index (χ3v) is 4.39. The fraction of sp³-hybridized carbons (Fsp3) is 0.438. The molecule has 24 heavy (non-hydrogen) atoms. The highest BCUT2D eigenvalue weighted by Crippen LogP contribution is 2.21. The molecule has 0 saturated carbocycles. The number of halogens is 1. The van der Waals surface area contributed by atoms with Crippen LogP contribution in [0.4, 0.5) is 4.39 Å². The molecule has 8 heteroatoms. The summed E-state index contributed by atoms with van der Waals surface area (Å²) in [6.45, 7) is 2.84. The van der Waals surface area contributed by atoms with Crippen molar-refractivity contribution in [2.75, 3.05) is 18.1 Å². The number of carbonyl (C=O) groups excluding carboxylic acids is 1. The van der Waals surface area contributed by atoms with Crippen LogP contribution < -0.4 is 11.2 Å². The average Bonchev–Trinajstić information content (AvgIpc) is 2.94. The zero-order valence-corrected chi connectivity index (χ0v) is 14.5. The fourth-order valence-corrected chi connectivity index (χ4v) is 2.82. The molecule has 0 atom stereocenters. The molecule has 0 aliphatic heterocycles. The van der Waals surface area contributed by atoms with E-state index in [1.165, 1.54) is 41.4 Å². The van der Waals surface area contributed by atoms with Crippen LogP contribution in [0, 0.1) is 5.82 Å². The Morgan fingerprint density at radius 3 is 2.71 bits per heavy atom. The Kier molecular flexibility index (Phi) is 7.05. The van der Waals surface area contributed by atoms with Gasteiger partial charge in [0, 0.05) is 12.1 Å². The van der Waals surface area contributed by atoms with Crippen molar-refractivity contribution in [3.63, 3.8) is 0 Å². The highest BCUT2D eigenvalue weighted by molar-refractivity contribution is 7.99. The van der Waals surface area contributed by atoms with E-state index in [0.717, 1.165) is 12.8 Å². The number of rotatable bonds is 9. The second kappa shape index (κ2) is 9.27. The van der Waals surface area contributed by atoms with E-state index >= 15 is 0 Å². The van der Waals surface area contributed by atoms with Crippen LogP contribution in [0.3, 0.4) is 0 Å². The number of hydrogen-bond donors (Lipinski definition) is 2. The second-order valence-electron chi connectivity index (χ2n) is 5.38. The summed E-state index contributed by atoms with van der Waals surface area (Å²) < 4.78 is 14.3. The molecule has 0 fully saturated rings. The molecule has 0 radical (unpaired) electrons. The first kappa shape index (κ1) is 18.3. The van der Waals surface area contributed by atoms with Gasteiger partial charge in [0.1, 0.15) is 5.82 Å². The Bertz CT molecular complexity index is 659. The van der Waals surface area contributed by atoms with Gasteiger partial charge in [-0.05, 0) is 30.7 Å². The SMILES string of the molecule is CCCCCCNC(=O)CSc1nnc(-c2ccc(F)cc2)n1N. The number of carbonyl (C=O) groups is 1. The summed E-state index contributed by atoms with van der Waals surface area (Å²) in [7, 11) is 0. The van der Waals surface area contributed by atoms with Gasteiger partial charge in [0.2, 0.25) is 11.1 Å². The quantitative estimate of drug-likeness (QED) is 0.412. The van der Waals surface area contributed by atoms with E-state index in [9.17, 15) is 9.18 Å². The van der Waals surface area contributed by atoms with Crippen molar-refractivity contribution in [1.29, 1.82) is 0 Å². The topological polar surface area (TPSA) is 85.8 Å². The lowest BCUT2D eigenvalue weighted by Gasteiger charge is -2.05. The third kappa shape index (κ3) is 5.23. The maximum absolute atomic E-state index is 13.0. The van der Waals surface area contributed by atoms with Gasteiger partial charge in [-0.1, -0.05) is 37.9 Å². The van der Waals surface area contributed by atoms with Crippen LogP contribution >= 0.6 is 11.8 Å². The summed E-state index contributed by atoms with van der Waals surface area (Å²) in [4.78, 5) is 11.8. The summed E-state index contributed by atoms with van der Waals surface area (Å²) in [6, 6.07) is 5.84. The van der Waals surface area contributed by atoms with Gasteiger partial charge in [0.15, 0.2) is 5.82 Å². The predicted octanol–water partition coefficient (Wildman–Crippen LogP) is 2.59. The number of thioether (sulfide) groups is 1. The van der Waals surface area contributed by atoms with E-state index in [1.54, 1.807) is 12.1 Å². The molecule has 0 aliphatic rings. The van der Waals surface area contributed by atoms with Crippen molar-refractivity contribution in [3.8, 4) is 11.4 Å². The molecule has 130 valence electrons. The molecule has 3 N–H and O–H groups in total. The van der Waals surface area contributed by atoms with Crippen LogP contribution in [-0.2, 0) is 4.79 Å². The van der Waals surface area contributed by atoms with Crippen LogP contribution in [0.25, 0.3) is 11.4 Å². The van der Waals surface area contributed by atoms with Crippen LogP contribution in [0.5, 0.6) is 0 Å². The van der Waals surface area contributed by atoms with E-state index in [4.69, 9.17) is 5.84 Å². The number of amides is 1. The van der Waals surface area contributed by atoms with Crippen LogP contribution in [0.2, 0.25) is 0 Å². The van der Waals surface area contributed by atoms with Crippen molar-refractivity contribution < 1.29 is 9.18 Å². The van der Waals surface area contributed by atoms with Gasteiger partial charge >= 0.3 is 0 Å². The van der Waals surface area contributed by atoms with Crippen LogP contribution in [-0.4, -0.2) is 33.1 Å². The molecular weight excluding hydrogens is 329 g/mol. The largest absolute Gasteiger partial charge is 0.355 e. The summed E-state index contributed by atoms with van der Waals surface area (Å²) in [6.07, 6.45) is 4.48. The van der Waals surface area contributed by atoms with Crippen LogP contribution in [0.1, 0.15) is 32.6 Å². The molecule has 0 unspecified atom stereocenters. The van der Waals surface area contributed by atoms with Gasteiger partial charge in [-0.15, -0.1) is 10.2 Å². The van der Waals surface area contributed by atoms with Gasteiger partial charge in [-0.25, -0.2) is 9.07 Å². The lowest BCUT2D eigenvalue weighted by molar-refractivity contribution is -0.118. The number of nitrogen functional groups attached to an aromatic ring is 1. The monoisotopic (exact) mass is 351 g/mol. The molecule has 0 saturated heterocycles. The van der Waals surface area contributed by atoms with Crippen molar-refractivity contribution in [1.82, 2.24) is 20.2 Å². The normalized spacial score (nSPS) is 10.8. The second-order valence-corrected chi connectivity index (χ2v) is 6.32. The van der Waals surface area contributed by atoms with Gasteiger partial charge in [0.25, 0.3) is 0 Å². The molecule has 0 aliphatic carbocycles. The predicted molar refractivity (Wildman–Crippen MR) is 93.4 cm³/mol. The number of hydrogen-bond acceptors (Lipinski definition) is 5. The molecule has 1 amide bonds. The van der Waals surface area contributed by atoms with Crippen molar-refractivity contribution in [3.05, 3.63) is 30.1 Å². The number of benzene rings is 1. The molecule has 0 bridgehead atoms. The Morgan fingerprint density at radius 1 is 1.25 bits per heavy atom. The zero-order valence-electron chi connectivity index (χ0n) is 13.7. The lowest BCUT2D eigenvalue weighted by Crippen LogP contribution is -2.26. The van der Waals surface area contributed by atoms with Gasteiger partial charge in [0.05, 0.1) is 5.75 Å². The van der Waals surface area contributed by atoms with Gasteiger partial charge in [-0.2, -0.15) is 0 Å². The van der Waals surface area contributed by atoms with Gasteiger partial charge in [-0.3, -0.25) is 4.79 Å². The lowest BCUT2D eigenvalue weighted by atomic mass is 10.2. The van der Waals surface area contributed by atoms with E-state index in [1.807, 2.05) is 0 Å². The summed E-state index contributed by atoms with van der Waals surface area (Å²) in [5, 5.41) is 11.3. The number of unbranched alkanes of at least 4 members (excludes halogenated alkanes) is 3. The standard InChI is InChI=1S/C16H22FN5OS/c1-2-3-4-5-10-19-14(23)11-24-16-21-20-15(22(16)18)12-6-8-13(17)9-7-12/h6-9H,2-5,10-11,18H2,1H3,(H,19,23). The number of nitrogens with two attached hydrogens (primary N) is 1. The first-order valence-electron chi connectivity index (χ1n) is 7.97. The first-order chi connectivity index (χ1) is 11.6. The molecule has 2 aromatic rings. The maximum Gasteiger partial charge on any atom is 0.230 e. The number of aromatic nitrogens is 3. The Morgan fingerprint density at radius 2 is 2.00 bits per heavy atom. The first-order valence-corrected chi connectivity index (χ1v) is 8.96. The molecule has 0 spiro atoms. The molecule has 2 rings (SSSR count). The molecule has 1 heterocycles. The minimum absolute atomic E-state index is 0.0529. The summed E-state index contributed by atoms with van der Waals surface area (Å²) in [5.41, 5.74) is 0.665. The fourth-order valence-electron chi connectivity index (χ4n) is 2.13. The van der Waals surface area contributed by atoms with Crippen molar-refractivity contribution >= 4 is 17.7 Å². The van der Waals surface area contributed by atoms with E-state index in [2.05, 4.69) is 22.4 Å². The minimum atomic E-state index is -0.327. The molecule has 1 aromatic carbocycles. The van der Waals surface area contributed by atoms with Crippen LogP contribution in [0.15, 0.2) is 29.4 Å². The molecular formula is C16H22FN5OS.